The van der Waals surface area contributed by atoms with Gasteiger partial charge >= 0.3 is 0 Å². The van der Waals surface area contributed by atoms with Gasteiger partial charge in [0.2, 0.25) is 0 Å². The number of rotatable bonds is 5. The number of aromatic nitrogens is 3. The summed E-state index contributed by atoms with van der Waals surface area (Å²) in [5.74, 6) is -0.0374. The zero-order valence-corrected chi connectivity index (χ0v) is 17.0. The Bertz CT molecular complexity index is 835. The van der Waals surface area contributed by atoms with Crippen molar-refractivity contribution in [2.24, 2.45) is 12.5 Å². The van der Waals surface area contributed by atoms with E-state index in [1.54, 1.807) is 10.9 Å². The lowest BCUT2D eigenvalue weighted by molar-refractivity contribution is 0.00728. The molecule has 1 saturated heterocycles. The van der Waals surface area contributed by atoms with Gasteiger partial charge in [0.25, 0.3) is 5.91 Å². The van der Waals surface area contributed by atoms with Gasteiger partial charge in [-0.25, -0.2) is 4.98 Å². The number of aryl methyl sites for hydroxylation is 2. The Hall–Kier alpha value is -1.99. The van der Waals surface area contributed by atoms with E-state index < -0.39 is 0 Å². The Balaban J connectivity index is 1.45. The van der Waals surface area contributed by atoms with Crippen LogP contribution in [-0.2, 0) is 11.8 Å². The molecular weight excluding hydrogens is 354 g/mol. The molecule has 3 heterocycles. The number of amides is 1. The molecule has 28 heavy (non-hydrogen) atoms. The molecule has 0 aromatic carbocycles. The van der Waals surface area contributed by atoms with E-state index in [9.17, 15) is 4.79 Å². The number of ether oxygens (including phenoxy) is 1. The van der Waals surface area contributed by atoms with Gasteiger partial charge in [-0.05, 0) is 25.8 Å². The molecule has 152 valence electrons. The van der Waals surface area contributed by atoms with Crippen LogP contribution in [0.1, 0.15) is 48.2 Å². The van der Waals surface area contributed by atoms with Crippen LogP contribution < -0.4 is 5.32 Å². The topological polar surface area (TPSA) is 72.3 Å². The van der Waals surface area contributed by atoms with Crippen molar-refractivity contribution in [3.8, 4) is 0 Å². The molecule has 2 aromatic heterocycles. The zero-order valence-electron chi connectivity index (χ0n) is 17.0. The Morgan fingerprint density at radius 2 is 2.00 bits per heavy atom. The number of pyridine rings is 1. The van der Waals surface area contributed by atoms with Gasteiger partial charge in [0.1, 0.15) is 0 Å². The summed E-state index contributed by atoms with van der Waals surface area (Å²) < 4.78 is 7.25. The molecule has 2 aliphatic rings. The highest BCUT2D eigenvalue weighted by atomic mass is 16.5. The van der Waals surface area contributed by atoms with E-state index in [2.05, 4.69) is 20.3 Å². The normalized spacial score (nSPS) is 20.4. The van der Waals surface area contributed by atoms with Crippen molar-refractivity contribution in [3.05, 3.63) is 23.5 Å². The lowest BCUT2D eigenvalue weighted by Crippen LogP contribution is -2.49. The molecule has 1 saturated carbocycles. The van der Waals surface area contributed by atoms with Gasteiger partial charge < -0.3 is 10.1 Å². The van der Waals surface area contributed by atoms with Crippen LogP contribution in [0, 0.1) is 12.3 Å². The van der Waals surface area contributed by atoms with Gasteiger partial charge in [-0.2, -0.15) is 5.10 Å². The molecule has 0 bridgehead atoms. The van der Waals surface area contributed by atoms with Crippen LogP contribution >= 0.6 is 0 Å². The molecule has 1 aliphatic carbocycles. The summed E-state index contributed by atoms with van der Waals surface area (Å²) in [7, 11) is 1.88. The minimum Gasteiger partial charge on any atom is -0.379 e. The quantitative estimate of drug-likeness (QED) is 0.855. The van der Waals surface area contributed by atoms with Crippen molar-refractivity contribution >= 4 is 16.9 Å². The van der Waals surface area contributed by atoms with Crippen LogP contribution in [0.2, 0.25) is 0 Å². The second-order valence-corrected chi connectivity index (χ2v) is 8.44. The van der Waals surface area contributed by atoms with Crippen molar-refractivity contribution in [3.63, 3.8) is 0 Å². The van der Waals surface area contributed by atoms with Crippen molar-refractivity contribution in [2.75, 3.05) is 39.4 Å². The smallest absolute Gasteiger partial charge is 0.252 e. The molecule has 0 unspecified atom stereocenters. The van der Waals surface area contributed by atoms with E-state index in [0.29, 0.717) is 5.56 Å². The number of carbonyl (C=O) groups is 1. The number of nitrogens with one attached hydrogen (secondary N) is 1. The summed E-state index contributed by atoms with van der Waals surface area (Å²) in [5, 5.41) is 8.56. The Morgan fingerprint density at radius 3 is 2.75 bits per heavy atom. The van der Waals surface area contributed by atoms with Crippen molar-refractivity contribution in [2.45, 2.75) is 39.0 Å². The van der Waals surface area contributed by atoms with Crippen molar-refractivity contribution in [1.82, 2.24) is 25.0 Å². The largest absolute Gasteiger partial charge is 0.379 e. The SMILES string of the molecule is Cc1nn(C)c2ncc(C(=O)NCC3(CN4CCOCC4)CCCCC3)cc12. The molecule has 2 fully saturated rings. The van der Waals surface area contributed by atoms with Crippen LogP contribution in [0.4, 0.5) is 0 Å². The van der Waals surface area contributed by atoms with Crippen LogP contribution in [0.3, 0.4) is 0 Å². The lowest BCUT2D eigenvalue weighted by Gasteiger charge is -2.42. The summed E-state index contributed by atoms with van der Waals surface area (Å²) >= 11 is 0. The maximum atomic E-state index is 12.9. The average molecular weight is 386 g/mol. The maximum Gasteiger partial charge on any atom is 0.252 e. The van der Waals surface area contributed by atoms with E-state index in [1.807, 2.05) is 20.0 Å². The lowest BCUT2D eigenvalue weighted by atomic mass is 9.73. The third-order valence-electron chi connectivity index (χ3n) is 6.33. The monoisotopic (exact) mass is 385 g/mol. The molecule has 2 aromatic rings. The predicted octanol–water partition coefficient (Wildman–Crippen LogP) is 2.29. The molecule has 0 spiro atoms. The molecule has 7 nitrogen and oxygen atoms in total. The molecule has 0 radical (unpaired) electrons. The van der Waals surface area contributed by atoms with Gasteiger partial charge in [0.05, 0.1) is 24.5 Å². The van der Waals surface area contributed by atoms with Crippen molar-refractivity contribution in [1.29, 1.82) is 0 Å². The van der Waals surface area contributed by atoms with Gasteiger partial charge in [-0.3, -0.25) is 14.4 Å². The summed E-state index contributed by atoms with van der Waals surface area (Å²) in [6.07, 6.45) is 7.84. The fourth-order valence-electron chi connectivity index (χ4n) is 4.73. The van der Waals surface area contributed by atoms with Crippen LogP contribution in [0.25, 0.3) is 11.0 Å². The summed E-state index contributed by atoms with van der Waals surface area (Å²) in [4.78, 5) is 19.8. The minimum atomic E-state index is -0.0374. The first-order chi connectivity index (χ1) is 13.6. The molecular formula is C21H31N5O2. The van der Waals surface area contributed by atoms with Crippen molar-refractivity contribution < 1.29 is 9.53 Å². The van der Waals surface area contributed by atoms with Gasteiger partial charge in [-0.15, -0.1) is 0 Å². The van der Waals surface area contributed by atoms with E-state index in [4.69, 9.17) is 4.74 Å². The highest BCUT2D eigenvalue weighted by Crippen LogP contribution is 2.37. The number of carbonyl (C=O) groups excluding carboxylic acids is 1. The van der Waals surface area contributed by atoms with Crippen LogP contribution in [-0.4, -0.2) is 65.0 Å². The maximum absolute atomic E-state index is 12.9. The average Bonchev–Trinajstić information content (AvgIpc) is 3.01. The summed E-state index contributed by atoms with van der Waals surface area (Å²) in [6.45, 7) is 7.36. The molecule has 0 atom stereocenters. The summed E-state index contributed by atoms with van der Waals surface area (Å²) in [6, 6.07) is 1.91. The number of hydrogen-bond acceptors (Lipinski definition) is 5. The number of fused-ring (bicyclic) bond motifs is 1. The molecule has 7 heteroatoms. The second-order valence-electron chi connectivity index (χ2n) is 8.44. The number of hydrogen-bond donors (Lipinski definition) is 1. The van der Waals surface area contributed by atoms with E-state index in [-0.39, 0.29) is 11.3 Å². The predicted molar refractivity (Wildman–Crippen MR) is 108 cm³/mol. The second kappa shape index (κ2) is 8.17. The Morgan fingerprint density at radius 1 is 1.25 bits per heavy atom. The molecule has 1 aliphatic heterocycles. The highest BCUT2D eigenvalue weighted by molar-refractivity contribution is 5.97. The Labute approximate surface area is 166 Å². The summed E-state index contributed by atoms with van der Waals surface area (Å²) in [5.41, 5.74) is 2.49. The van der Waals surface area contributed by atoms with Gasteiger partial charge in [0.15, 0.2) is 5.65 Å². The Kier molecular flexibility index (Phi) is 5.64. The van der Waals surface area contributed by atoms with Crippen LogP contribution in [0.15, 0.2) is 12.3 Å². The minimum absolute atomic E-state index is 0.0374. The standard InChI is InChI=1S/C21H31N5O2/c1-16-18-12-17(13-22-19(18)25(2)24-16)20(27)23-14-21(6-4-3-5-7-21)15-26-8-10-28-11-9-26/h12-13H,3-11,14-15H2,1-2H3,(H,23,27). The fraction of sp³-hybridized carbons (Fsp3) is 0.667. The number of morpholine rings is 1. The zero-order chi connectivity index (χ0) is 19.6. The van der Waals surface area contributed by atoms with E-state index >= 15 is 0 Å². The third kappa shape index (κ3) is 4.05. The van der Waals surface area contributed by atoms with Gasteiger partial charge in [0, 0.05) is 50.2 Å². The molecule has 1 amide bonds. The third-order valence-corrected chi connectivity index (χ3v) is 6.33. The van der Waals surface area contributed by atoms with Crippen LogP contribution in [0.5, 0.6) is 0 Å². The molecule has 1 N–H and O–H groups in total. The first-order valence-electron chi connectivity index (χ1n) is 10.4. The first kappa shape index (κ1) is 19.3. The fourth-order valence-corrected chi connectivity index (χ4v) is 4.73. The van der Waals surface area contributed by atoms with E-state index in [0.717, 1.165) is 56.1 Å². The molecule has 4 rings (SSSR count). The highest BCUT2D eigenvalue weighted by Gasteiger charge is 2.34. The number of nitrogens with zero attached hydrogens (tertiary/aromatic N) is 4. The van der Waals surface area contributed by atoms with E-state index in [1.165, 1.54) is 32.1 Å². The van der Waals surface area contributed by atoms with Gasteiger partial charge in [-0.1, -0.05) is 19.3 Å². The first-order valence-corrected chi connectivity index (χ1v) is 10.4.